The van der Waals surface area contributed by atoms with Crippen molar-refractivity contribution in [2.24, 2.45) is 0 Å². The third-order valence-corrected chi connectivity index (χ3v) is 3.66. The predicted molar refractivity (Wildman–Crippen MR) is 72.6 cm³/mol. The largest absolute Gasteiger partial charge is 0.361 e. The summed E-state index contributed by atoms with van der Waals surface area (Å²) in [4.78, 5) is 7.03. The van der Waals surface area contributed by atoms with Gasteiger partial charge in [-0.3, -0.25) is 9.88 Å². The average molecular weight is 257 g/mol. The molecule has 19 heavy (non-hydrogen) atoms. The summed E-state index contributed by atoms with van der Waals surface area (Å²) >= 11 is 0. The first-order valence-electron chi connectivity index (χ1n) is 6.82. The SMILES string of the molecule is Cc1cccc(CN2CCCC2c2cc(C)on2)n1. The van der Waals surface area contributed by atoms with Gasteiger partial charge in [0.05, 0.1) is 11.7 Å². The fraction of sp³-hybridized carbons (Fsp3) is 0.467. The highest BCUT2D eigenvalue weighted by atomic mass is 16.5. The van der Waals surface area contributed by atoms with Crippen LogP contribution in [-0.2, 0) is 6.54 Å². The molecule has 3 heterocycles. The van der Waals surface area contributed by atoms with Crippen molar-refractivity contribution in [3.63, 3.8) is 0 Å². The normalized spacial score (nSPS) is 20.0. The second-order valence-corrected chi connectivity index (χ2v) is 5.26. The summed E-state index contributed by atoms with van der Waals surface area (Å²) in [6.07, 6.45) is 2.36. The van der Waals surface area contributed by atoms with Crippen LogP contribution in [0, 0.1) is 13.8 Å². The summed E-state index contributed by atoms with van der Waals surface area (Å²) in [6, 6.07) is 8.62. The smallest absolute Gasteiger partial charge is 0.133 e. The molecule has 0 aromatic carbocycles. The Morgan fingerprint density at radius 1 is 1.37 bits per heavy atom. The van der Waals surface area contributed by atoms with Gasteiger partial charge in [0.2, 0.25) is 0 Å². The van der Waals surface area contributed by atoms with Gasteiger partial charge in [0.25, 0.3) is 0 Å². The first-order chi connectivity index (χ1) is 9.22. The molecule has 0 N–H and O–H groups in total. The van der Waals surface area contributed by atoms with E-state index in [-0.39, 0.29) is 0 Å². The van der Waals surface area contributed by atoms with Crippen molar-refractivity contribution in [2.45, 2.75) is 39.3 Å². The fourth-order valence-electron chi connectivity index (χ4n) is 2.79. The molecule has 1 atom stereocenters. The molecule has 100 valence electrons. The van der Waals surface area contributed by atoms with Crippen molar-refractivity contribution < 1.29 is 4.52 Å². The van der Waals surface area contributed by atoms with Gasteiger partial charge in [-0.05, 0) is 45.4 Å². The van der Waals surface area contributed by atoms with Gasteiger partial charge in [0.15, 0.2) is 0 Å². The van der Waals surface area contributed by atoms with Crippen molar-refractivity contribution in [1.82, 2.24) is 15.0 Å². The highest BCUT2D eigenvalue weighted by Gasteiger charge is 2.28. The first-order valence-corrected chi connectivity index (χ1v) is 6.82. The van der Waals surface area contributed by atoms with Crippen LogP contribution in [0.5, 0.6) is 0 Å². The molecule has 0 spiro atoms. The summed E-state index contributed by atoms with van der Waals surface area (Å²) in [6.45, 7) is 5.97. The molecule has 4 nitrogen and oxygen atoms in total. The van der Waals surface area contributed by atoms with Gasteiger partial charge < -0.3 is 4.52 Å². The van der Waals surface area contributed by atoms with Gasteiger partial charge in [0.1, 0.15) is 11.5 Å². The van der Waals surface area contributed by atoms with Crippen LogP contribution in [0.4, 0.5) is 0 Å². The Balaban J connectivity index is 1.76. The first kappa shape index (κ1) is 12.4. The number of pyridine rings is 1. The molecule has 1 fully saturated rings. The van der Waals surface area contributed by atoms with Crippen LogP contribution in [0.2, 0.25) is 0 Å². The second-order valence-electron chi connectivity index (χ2n) is 5.26. The van der Waals surface area contributed by atoms with Crippen molar-refractivity contribution in [3.05, 3.63) is 47.1 Å². The summed E-state index contributed by atoms with van der Waals surface area (Å²) in [5.41, 5.74) is 3.26. The van der Waals surface area contributed by atoms with Crippen LogP contribution >= 0.6 is 0 Å². The molecule has 2 aromatic heterocycles. The number of hydrogen-bond acceptors (Lipinski definition) is 4. The van der Waals surface area contributed by atoms with E-state index in [9.17, 15) is 0 Å². The Morgan fingerprint density at radius 3 is 3.00 bits per heavy atom. The Bertz CT molecular complexity index is 564. The van der Waals surface area contributed by atoms with Crippen molar-refractivity contribution >= 4 is 0 Å². The lowest BCUT2D eigenvalue weighted by Gasteiger charge is -2.22. The van der Waals surface area contributed by atoms with Gasteiger partial charge in [-0.25, -0.2) is 0 Å². The third-order valence-electron chi connectivity index (χ3n) is 3.66. The number of aromatic nitrogens is 2. The maximum absolute atomic E-state index is 5.20. The Labute approximate surface area is 113 Å². The van der Waals surface area contributed by atoms with E-state index in [0.29, 0.717) is 6.04 Å². The predicted octanol–water partition coefficient (Wildman–Crippen LogP) is 3.02. The van der Waals surface area contributed by atoms with E-state index in [0.717, 1.165) is 42.4 Å². The standard InChI is InChI=1S/C15H19N3O/c1-11-5-3-6-13(16-11)10-18-8-4-7-15(18)14-9-12(2)19-17-14/h3,5-6,9,15H,4,7-8,10H2,1-2H3. The summed E-state index contributed by atoms with van der Waals surface area (Å²) in [7, 11) is 0. The lowest BCUT2D eigenvalue weighted by molar-refractivity contribution is 0.234. The van der Waals surface area contributed by atoms with E-state index in [1.807, 2.05) is 26.0 Å². The second kappa shape index (κ2) is 5.13. The Morgan fingerprint density at radius 2 is 2.26 bits per heavy atom. The van der Waals surface area contributed by atoms with Crippen molar-refractivity contribution in [2.75, 3.05) is 6.54 Å². The Kier molecular flexibility index (Phi) is 3.34. The molecule has 1 aliphatic rings. The Hall–Kier alpha value is -1.68. The van der Waals surface area contributed by atoms with Crippen molar-refractivity contribution in [1.29, 1.82) is 0 Å². The molecule has 0 aliphatic carbocycles. The van der Waals surface area contributed by atoms with Crippen LogP contribution in [0.3, 0.4) is 0 Å². The zero-order valence-corrected chi connectivity index (χ0v) is 11.5. The van der Waals surface area contributed by atoms with E-state index in [1.165, 1.54) is 6.42 Å². The fourth-order valence-corrected chi connectivity index (χ4v) is 2.79. The quantitative estimate of drug-likeness (QED) is 0.847. The highest BCUT2D eigenvalue weighted by molar-refractivity contribution is 5.13. The maximum Gasteiger partial charge on any atom is 0.133 e. The van der Waals surface area contributed by atoms with E-state index in [1.54, 1.807) is 0 Å². The lowest BCUT2D eigenvalue weighted by Crippen LogP contribution is -2.23. The van der Waals surface area contributed by atoms with E-state index >= 15 is 0 Å². The molecule has 0 amide bonds. The number of hydrogen-bond donors (Lipinski definition) is 0. The molecule has 3 rings (SSSR count). The number of likely N-dealkylation sites (tertiary alicyclic amines) is 1. The van der Waals surface area contributed by atoms with Crippen LogP contribution in [0.1, 0.15) is 41.7 Å². The van der Waals surface area contributed by atoms with Crippen LogP contribution in [0.25, 0.3) is 0 Å². The van der Waals surface area contributed by atoms with Gasteiger partial charge in [-0.15, -0.1) is 0 Å². The molecule has 0 saturated carbocycles. The molecule has 1 aliphatic heterocycles. The van der Waals surface area contributed by atoms with Crippen LogP contribution in [0.15, 0.2) is 28.8 Å². The summed E-state index contributed by atoms with van der Waals surface area (Å²) in [5, 5.41) is 4.17. The summed E-state index contributed by atoms with van der Waals surface area (Å²) in [5.74, 6) is 0.885. The minimum atomic E-state index is 0.375. The number of aryl methyl sites for hydroxylation is 2. The zero-order chi connectivity index (χ0) is 13.2. The van der Waals surface area contributed by atoms with E-state index in [4.69, 9.17) is 4.52 Å². The van der Waals surface area contributed by atoms with Gasteiger partial charge >= 0.3 is 0 Å². The molecular formula is C15H19N3O. The van der Waals surface area contributed by atoms with Crippen molar-refractivity contribution in [3.8, 4) is 0 Å². The maximum atomic E-state index is 5.20. The topological polar surface area (TPSA) is 42.2 Å². The van der Waals surface area contributed by atoms with Gasteiger partial charge in [-0.1, -0.05) is 11.2 Å². The highest BCUT2D eigenvalue weighted by Crippen LogP contribution is 2.32. The molecule has 4 heteroatoms. The molecular weight excluding hydrogens is 238 g/mol. The lowest BCUT2D eigenvalue weighted by atomic mass is 10.1. The van der Waals surface area contributed by atoms with E-state index in [2.05, 4.69) is 27.2 Å². The number of rotatable bonds is 3. The molecule has 0 bridgehead atoms. The van der Waals surface area contributed by atoms with Gasteiger partial charge in [0, 0.05) is 18.3 Å². The monoisotopic (exact) mass is 257 g/mol. The molecule has 1 saturated heterocycles. The van der Waals surface area contributed by atoms with Crippen LogP contribution < -0.4 is 0 Å². The average Bonchev–Trinajstić information content (AvgIpc) is 2.98. The van der Waals surface area contributed by atoms with E-state index < -0.39 is 0 Å². The van der Waals surface area contributed by atoms with Crippen LogP contribution in [-0.4, -0.2) is 21.6 Å². The van der Waals surface area contributed by atoms with Gasteiger partial charge in [-0.2, -0.15) is 0 Å². The number of nitrogens with zero attached hydrogens (tertiary/aromatic N) is 3. The molecule has 1 unspecified atom stereocenters. The molecule has 0 radical (unpaired) electrons. The zero-order valence-electron chi connectivity index (χ0n) is 11.5. The summed E-state index contributed by atoms with van der Waals surface area (Å²) < 4.78 is 5.20. The molecule has 2 aromatic rings. The minimum Gasteiger partial charge on any atom is -0.361 e. The minimum absolute atomic E-state index is 0.375. The third kappa shape index (κ3) is 2.68.